The minimum absolute atomic E-state index is 0.195. The number of Topliss-reactive ketones (excluding diaryl/α,β-unsaturated/α-hetero) is 1. The Morgan fingerprint density at radius 3 is 2.36 bits per heavy atom. The molecule has 3 nitrogen and oxygen atoms in total. The average Bonchev–Trinajstić information content (AvgIpc) is 2.55. The first-order chi connectivity index (χ1) is 10.5. The molecule has 0 spiro atoms. The van der Waals surface area contributed by atoms with Gasteiger partial charge in [-0.3, -0.25) is 9.69 Å². The van der Waals surface area contributed by atoms with Gasteiger partial charge < -0.3 is 5.11 Å². The van der Waals surface area contributed by atoms with E-state index < -0.39 is 5.54 Å². The zero-order valence-corrected chi connectivity index (χ0v) is 14.7. The summed E-state index contributed by atoms with van der Waals surface area (Å²) in [6.45, 7) is 6.21. The normalized spacial score (nSPS) is 17.6. The zero-order valence-electron chi connectivity index (χ0n) is 13.8. The fraction of sp³-hybridized carbons (Fsp3) is 0.611. The number of aliphatic hydroxyl groups is 1. The van der Waals surface area contributed by atoms with E-state index in [-0.39, 0.29) is 12.4 Å². The molecule has 1 aromatic carbocycles. The van der Waals surface area contributed by atoms with E-state index in [2.05, 4.69) is 4.90 Å². The van der Waals surface area contributed by atoms with Gasteiger partial charge in [0.2, 0.25) is 0 Å². The van der Waals surface area contributed by atoms with E-state index in [1.165, 1.54) is 4.90 Å². The molecule has 0 saturated carbocycles. The molecule has 0 radical (unpaired) electrons. The summed E-state index contributed by atoms with van der Waals surface area (Å²) >= 11 is 1.69. The summed E-state index contributed by atoms with van der Waals surface area (Å²) in [7, 11) is 0. The van der Waals surface area contributed by atoms with Crippen LogP contribution in [-0.2, 0) is 0 Å². The largest absolute Gasteiger partial charge is 0.396 e. The van der Waals surface area contributed by atoms with Gasteiger partial charge >= 0.3 is 0 Å². The monoisotopic (exact) mass is 321 g/mol. The van der Waals surface area contributed by atoms with Gasteiger partial charge in [-0.25, -0.2) is 0 Å². The van der Waals surface area contributed by atoms with Gasteiger partial charge in [0, 0.05) is 17.1 Å². The highest BCUT2D eigenvalue weighted by Gasteiger charge is 2.36. The van der Waals surface area contributed by atoms with E-state index in [1.54, 1.807) is 11.8 Å². The summed E-state index contributed by atoms with van der Waals surface area (Å²) in [6.07, 6.45) is 5.07. The maximum Gasteiger partial charge on any atom is 0.182 e. The number of ketones is 1. The van der Waals surface area contributed by atoms with Gasteiger partial charge in [-0.05, 0) is 70.5 Å². The molecular formula is C18H27NO2S. The molecule has 1 heterocycles. The summed E-state index contributed by atoms with van der Waals surface area (Å²) in [5, 5.41) is 9.05. The van der Waals surface area contributed by atoms with Crippen LogP contribution in [0.4, 0.5) is 0 Å². The molecule has 1 saturated heterocycles. The topological polar surface area (TPSA) is 40.5 Å². The number of benzene rings is 1. The van der Waals surface area contributed by atoms with E-state index in [0.29, 0.717) is 5.92 Å². The third-order valence-electron chi connectivity index (χ3n) is 4.85. The SMILES string of the molecule is CSc1ccc(C(=O)C(C)(C)N2CCC(CCO)CC2)cc1. The number of aliphatic hydroxyl groups excluding tert-OH is 1. The van der Waals surface area contributed by atoms with E-state index in [0.717, 1.165) is 37.9 Å². The van der Waals surface area contributed by atoms with Gasteiger partial charge in [-0.2, -0.15) is 0 Å². The number of likely N-dealkylation sites (tertiary alicyclic amines) is 1. The predicted molar refractivity (Wildman–Crippen MR) is 92.6 cm³/mol. The maximum absolute atomic E-state index is 12.9. The van der Waals surface area contributed by atoms with Crippen LogP contribution in [0.2, 0.25) is 0 Å². The van der Waals surface area contributed by atoms with Crippen molar-refractivity contribution in [1.29, 1.82) is 0 Å². The van der Waals surface area contributed by atoms with Crippen molar-refractivity contribution in [1.82, 2.24) is 4.90 Å². The molecule has 4 heteroatoms. The Hall–Kier alpha value is -0.840. The molecule has 0 aromatic heterocycles. The first kappa shape index (κ1) is 17.5. The number of rotatable bonds is 6. The predicted octanol–water partition coefficient (Wildman–Crippen LogP) is 3.46. The first-order valence-electron chi connectivity index (χ1n) is 8.03. The van der Waals surface area contributed by atoms with Crippen molar-refractivity contribution in [2.24, 2.45) is 5.92 Å². The lowest BCUT2D eigenvalue weighted by Gasteiger charge is -2.42. The standard InChI is InChI=1S/C18H27NO2S/c1-18(2,19-11-8-14(9-12-19)10-13-20)17(21)15-4-6-16(22-3)7-5-15/h4-7,14,20H,8-13H2,1-3H3. The van der Waals surface area contributed by atoms with Gasteiger partial charge in [0.05, 0.1) is 5.54 Å². The lowest BCUT2D eigenvalue weighted by Crippen LogP contribution is -2.53. The molecule has 1 N–H and O–H groups in total. The Morgan fingerprint density at radius 1 is 1.27 bits per heavy atom. The highest BCUT2D eigenvalue weighted by atomic mass is 32.2. The Kier molecular flexibility index (Phi) is 6.07. The van der Waals surface area contributed by atoms with Gasteiger partial charge in [0.15, 0.2) is 5.78 Å². The molecule has 122 valence electrons. The van der Waals surface area contributed by atoms with Crippen LogP contribution in [0.1, 0.15) is 43.5 Å². The molecule has 1 aliphatic heterocycles. The first-order valence-corrected chi connectivity index (χ1v) is 9.26. The molecule has 22 heavy (non-hydrogen) atoms. The Bertz CT molecular complexity index is 490. The average molecular weight is 321 g/mol. The Labute approximate surface area is 138 Å². The van der Waals surface area contributed by atoms with Crippen LogP contribution in [0.3, 0.4) is 0 Å². The molecular weight excluding hydrogens is 294 g/mol. The quantitative estimate of drug-likeness (QED) is 0.643. The minimum atomic E-state index is -0.467. The highest BCUT2D eigenvalue weighted by molar-refractivity contribution is 7.98. The Balaban J connectivity index is 2.04. The van der Waals surface area contributed by atoms with Crippen molar-refractivity contribution in [3.05, 3.63) is 29.8 Å². The zero-order chi connectivity index (χ0) is 16.2. The number of hydrogen-bond donors (Lipinski definition) is 1. The fourth-order valence-corrected chi connectivity index (χ4v) is 3.61. The van der Waals surface area contributed by atoms with Crippen molar-refractivity contribution in [3.63, 3.8) is 0 Å². The summed E-state index contributed by atoms with van der Waals surface area (Å²) in [5.74, 6) is 0.800. The second-order valence-electron chi connectivity index (χ2n) is 6.56. The van der Waals surface area contributed by atoms with Gasteiger partial charge in [0.25, 0.3) is 0 Å². The van der Waals surface area contributed by atoms with Crippen LogP contribution >= 0.6 is 11.8 Å². The summed E-state index contributed by atoms with van der Waals surface area (Å²) in [5.41, 5.74) is 0.325. The van der Waals surface area contributed by atoms with Crippen LogP contribution in [-0.4, -0.2) is 47.3 Å². The number of carbonyl (C=O) groups excluding carboxylic acids is 1. The van der Waals surface area contributed by atoms with E-state index >= 15 is 0 Å². The summed E-state index contributed by atoms with van der Waals surface area (Å²) in [6, 6.07) is 7.91. The number of carbonyl (C=O) groups is 1. The molecule has 1 fully saturated rings. The third kappa shape index (κ3) is 3.92. The van der Waals surface area contributed by atoms with Crippen LogP contribution in [0.5, 0.6) is 0 Å². The lowest BCUT2D eigenvalue weighted by molar-refractivity contribution is 0.0488. The highest BCUT2D eigenvalue weighted by Crippen LogP contribution is 2.28. The van der Waals surface area contributed by atoms with E-state index in [4.69, 9.17) is 5.11 Å². The van der Waals surface area contributed by atoms with Crippen molar-refractivity contribution in [2.75, 3.05) is 26.0 Å². The van der Waals surface area contributed by atoms with Crippen molar-refractivity contribution < 1.29 is 9.90 Å². The van der Waals surface area contributed by atoms with E-state index in [9.17, 15) is 4.79 Å². The second-order valence-corrected chi connectivity index (χ2v) is 7.44. The molecule has 1 aliphatic rings. The number of thioether (sulfide) groups is 1. The number of nitrogens with zero attached hydrogens (tertiary/aromatic N) is 1. The minimum Gasteiger partial charge on any atom is -0.396 e. The van der Waals surface area contributed by atoms with Gasteiger partial charge in [-0.15, -0.1) is 11.8 Å². The number of hydrogen-bond acceptors (Lipinski definition) is 4. The lowest BCUT2D eigenvalue weighted by atomic mass is 9.86. The molecule has 0 unspecified atom stereocenters. The van der Waals surface area contributed by atoms with Crippen LogP contribution in [0.25, 0.3) is 0 Å². The molecule has 2 rings (SSSR count). The fourth-order valence-electron chi connectivity index (χ4n) is 3.20. The van der Waals surface area contributed by atoms with Gasteiger partial charge in [-0.1, -0.05) is 12.1 Å². The van der Waals surface area contributed by atoms with Crippen LogP contribution < -0.4 is 0 Å². The number of piperidine rings is 1. The van der Waals surface area contributed by atoms with Gasteiger partial charge in [0.1, 0.15) is 0 Å². The smallest absolute Gasteiger partial charge is 0.182 e. The molecule has 0 atom stereocenters. The second kappa shape index (κ2) is 7.62. The molecule has 0 aliphatic carbocycles. The summed E-state index contributed by atoms with van der Waals surface area (Å²) in [4.78, 5) is 16.4. The molecule has 1 aromatic rings. The van der Waals surface area contributed by atoms with Crippen LogP contribution in [0.15, 0.2) is 29.2 Å². The molecule has 0 bridgehead atoms. The van der Waals surface area contributed by atoms with Crippen molar-refractivity contribution in [2.45, 2.75) is 43.5 Å². The van der Waals surface area contributed by atoms with Crippen molar-refractivity contribution >= 4 is 17.5 Å². The summed E-state index contributed by atoms with van der Waals surface area (Å²) < 4.78 is 0. The van der Waals surface area contributed by atoms with Crippen LogP contribution in [0, 0.1) is 5.92 Å². The van der Waals surface area contributed by atoms with E-state index in [1.807, 2.05) is 44.4 Å². The van der Waals surface area contributed by atoms with Crippen molar-refractivity contribution in [3.8, 4) is 0 Å². The molecule has 0 amide bonds. The third-order valence-corrected chi connectivity index (χ3v) is 5.59. The Morgan fingerprint density at radius 2 is 1.86 bits per heavy atom. The maximum atomic E-state index is 12.9.